The topological polar surface area (TPSA) is 102 Å². The first-order chi connectivity index (χ1) is 13.8. The zero-order valence-corrected chi connectivity index (χ0v) is 17.8. The number of nitrogens with one attached hydrogen (secondary N) is 1. The summed E-state index contributed by atoms with van der Waals surface area (Å²) in [5.41, 5.74) is 0.504. The summed E-state index contributed by atoms with van der Waals surface area (Å²) in [6.45, 7) is 4.65. The summed E-state index contributed by atoms with van der Waals surface area (Å²) < 4.78 is 37.8. The van der Waals surface area contributed by atoms with Crippen LogP contribution in [0.25, 0.3) is 6.08 Å². The van der Waals surface area contributed by atoms with Crippen LogP contribution in [-0.2, 0) is 24.3 Å². The predicted molar refractivity (Wildman–Crippen MR) is 109 cm³/mol. The standard InChI is InChI=1S/C20H28N2O6S/c1-4-21-20(24)15(2)28-19(23)11-9-16-8-10-17(27-3)18(14-16)29(25,26)22-12-6-5-7-13-22/h8-11,14-15H,4-7,12-13H2,1-3H3,(H,21,24)/b11-9+/t15-/m1/s1. The highest BCUT2D eigenvalue weighted by molar-refractivity contribution is 7.89. The van der Waals surface area contributed by atoms with E-state index in [1.807, 2.05) is 0 Å². The van der Waals surface area contributed by atoms with E-state index < -0.39 is 22.1 Å². The summed E-state index contributed by atoms with van der Waals surface area (Å²) in [6.07, 6.45) is 4.37. The van der Waals surface area contributed by atoms with Crippen LogP contribution in [0.3, 0.4) is 0 Å². The van der Waals surface area contributed by atoms with Gasteiger partial charge in [0, 0.05) is 25.7 Å². The summed E-state index contributed by atoms with van der Waals surface area (Å²) >= 11 is 0. The van der Waals surface area contributed by atoms with E-state index in [1.54, 1.807) is 19.1 Å². The van der Waals surface area contributed by atoms with Crippen molar-refractivity contribution in [1.82, 2.24) is 9.62 Å². The highest BCUT2D eigenvalue weighted by atomic mass is 32.2. The lowest BCUT2D eigenvalue weighted by Crippen LogP contribution is -2.35. The van der Waals surface area contributed by atoms with Gasteiger partial charge in [-0.15, -0.1) is 0 Å². The van der Waals surface area contributed by atoms with Gasteiger partial charge in [-0.2, -0.15) is 4.31 Å². The highest BCUT2D eigenvalue weighted by Gasteiger charge is 2.29. The van der Waals surface area contributed by atoms with Gasteiger partial charge in [-0.05, 0) is 50.5 Å². The van der Waals surface area contributed by atoms with E-state index in [-0.39, 0.29) is 16.6 Å². The fourth-order valence-electron chi connectivity index (χ4n) is 2.99. The van der Waals surface area contributed by atoms with Crippen molar-refractivity contribution >= 4 is 28.0 Å². The van der Waals surface area contributed by atoms with E-state index in [0.29, 0.717) is 25.2 Å². The van der Waals surface area contributed by atoms with Crippen molar-refractivity contribution in [2.45, 2.75) is 44.1 Å². The zero-order valence-electron chi connectivity index (χ0n) is 17.0. The molecule has 160 valence electrons. The first-order valence-corrected chi connectivity index (χ1v) is 11.1. The first kappa shape index (κ1) is 22.9. The Kier molecular flexibility index (Phi) is 8.21. The van der Waals surface area contributed by atoms with Gasteiger partial charge in [-0.25, -0.2) is 13.2 Å². The second kappa shape index (κ2) is 10.4. The summed E-state index contributed by atoms with van der Waals surface area (Å²) in [7, 11) is -2.28. The van der Waals surface area contributed by atoms with E-state index in [0.717, 1.165) is 25.3 Å². The third-order valence-corrected chi connectivity index (χ3v) is 6.47. The molecule has 1 atom stereocenters. The van der Waals surface area contributed by atoms with E-state index in [1.165, 1.54) is 30.5 Å². The van der Waals surface area contributed by atoms with Gasteiger partial charge >= 0.3 is 5.97 Å². The van der Waals surface area contributed by atoms with Crippen molar-refractivity contribution in [1.29, 1.82) is 0 Å². The maximum absolute atomic E-state index is 13.0. The summed E-state index contributed by atoms with van der Waals surface area (Å²) in [4.78, 5) is 23.6. The third kappa shape index (κ3) is 6.04. The molecule has 0 radical (unpaired) electrons. The molecule has 1 heterocycles. The van der Waals surface area contributed by atoms with E-state index in [2.05, 4.69) is 5.32 Å². The lowest BCUT2D eigenvalue weighted by molar-refractivity contribution is -0.150. The van der Waals surface area contributed by atoms with E-state index in [4.69, 9.17) is 9.47 Å². The normalized spacial score (nSPS) is 16.4. The molecule has 1 amide bonds. The molecule has 0 aliphatic carbocycles. The smallest absolute Gasteiger partial charge is 0.331 e. The maximum Gasteiger partial charge on any atom is 0.331 e. The lowest BCUT2D eigenvalue weighted by atomic mass is 10.2. The molecule has 1 fully saturated rings. The number of hydrogen-bond acceptors (Lipinski definition) is 6. The Morgan fingerprint density at radius 3 is 2.55 bits per heavy atom. The molecule has 29 heavy (non-hydrogen) atoms. The number of rotatable bonds is 8. The average Bonchev–Trinajstić information content (AvgIpc) is 2.72. The van der Waals surface area contributed by atoms with Crippen molar-refractivity contribution in [2.24, 2.45) is 0 Å². The summed E-state index contributed by atoms with van der Waals surface area (Å²) in [5.74, 6) is -0.825. The van der Waals surface area contributed by atoms with Crippen LogP contribution < -0.4 is 10.1 Å². The minimum atomic E-state index is -3.70. The molecule has 1 saturated heterocycles. The third-order valence-electron chi connectivity index (χ3n) is 4.55. The fourth-order valence-corrected chi connectivity index (χ4v) is 4.70. The number of benzene rings is 1. The molecule has 0 unspecified atom stereocenters. The van der Waals surface area contributed by atoms with Gasteiger partial charge in [0.05, 0.1) is 7.11 Å². The molecule has 0 saturated carbocycles. The number of piperidine rings is 1. The number of carbonyl (C=O) groups is 2. The molecule has 2 rings (SSSR count). The molecule has 1 aliphatic heterocycles. The summed E-state index contributed by atoms with van der Waals surface area (Å²) in [6, 6.07) is 4.67. The number of methoxy groups -OCH3 is 1. The van der Waals surface area contributed by atoms with Crippen molar-refractivity contribution < 1.29 is 27.5 Å². The largest absolute Gasteiger partial charge is 0.495 e. The first-order valence-electron chi connectivity index (χ1n) is 9.64. The Hall–Kier alpha value is -2.39. The fraction of sp³-hybridized carbons (Fsp3) is 0.500. The van der Waals surface area contributed by atoms with Gasteiger partial charge in [0.2, 0.25) is 10.0 Å². The quantitative estimate of drug-likeness (QED) is 0.506. The Morgan fingerprint density at radius 1 is 1.24 bits per heavy atom. The van der Waals surface area contributed by atoms with Crippen LogP contribution in [0.15, 0.2) is 29.2 Å². The van der Waals surface area contributed by atoms with Gasteiger partial charge in [0.15, 0.2) is 6.10 Å². The van der Waals surface area contributed by atoms with Crippen molar-refractivity contribution in [2.75, 3.05) is 26.7 Å². The van der Waals surface area contributed by atoms with Crippen LogP contribution in [0.2, 0.25) is 0 Å². The number of nitrogens with zero attached hydrogens (tertiary/aromatic N) is 1. The monoisotopic (exact) mass is 424 g/mol. The molecular formula is C20H28N2O6S. The van der Waals surface area contributed by atoms with Gasteiger partial charge in [0.25, 0.3) is 5.91 Å². The lowest BCUT2D eigenvalue weighted by Gasteiger charge is -2.26. The number of esters is 1. The van der Waals surface area contributed by atoms with Crippen molar-refractivity contribution in [3.05, 3.63) is 29.8 Å². The van der Waals surface area contributed by atoms with Crippen LogP contribution >= 0.6 is 0 Å². The van der Waals surface area contributed by atoms with Crippen LogP contribution in [0.1, 0.15) is 38.7 Å². The number of likely N-dealkylation sites (N-methyl/N-ethyl adjacent to an activating group) is 1. The van der Waals surface area contributed by atoms with Crippen LogP contribution in [0, 0.1) is 0 Å². The number of ether oxygens (including phenoxy) is 2. The Bertz CT molecular complexity index is 860. The minimum Gasteiger partial charge on any atom is -0.495 e. The number of hydrogen-bond donors (Lipinski definition) is 1. The van der Waals surface area contributed by atoms with Crippen LogP contribution in [0.4, 0.5) is 0 Å². The molecule has 0 aromatic heterocycles. The molecular weight excluding hydrogens is 396 g/mol. The maximum atomic E-state index is 13.0. The average molecular weight is 425 g/mol. The highest BCUT2D eigenvalue weighted by Crippen LogP contribution is 2.30. The van der Waals surface area contributed by atoms with Gasteiger partial charge in [-0.3, -0.25) is 4.79 Å². The second-order valence-corrected chi connectivity index (χ2v) is 8.59. The summed E-state index contributed by atoms with van der Waals surface area (Å²) in [5, 5.41) is 2.57. The minimum absolute atomic E-state index is 0.0631. The molecule has 9 heteroatoms. The van der Waals surface area contributed by atoms with Crippen LogP contribution in [-0.4, -0.2) is 57.4 Å². The molecule has 1 aromatic rings. The van der Waals surface area contributed by atoms with Gasteiger partial charge in [-0.1, -0.05) is 12.5 Å². The molecule has 0 bridgehead atoms. The number of sulfonamides is 1. The molecule has 1 aliphatic rings. The predicted octanol–water partition coefficient (Wildman–Crippen LogP) is 1.95. The SMILES string of the molecule is CCNC(=O)[C@@H](C)OC(=O)/C=C/c1ccc(OC)c(S(=O)(=O)N2CCCCC2)c1. The van der Waals surface area contributed by atoms with Gasteiger partial charge in [0.1, 0.15) is 10.6 Å². The van der Waals surface area contributed by atoms with E-state index >= 15 is 0 Å². The number of carbonyl (C=O) groups excluding carboxylic acids is 2. The Balaban J connectivity index is 2.18. The zero-order chi connectivity index (χ0) is 21.4. The van der Waals surface area contributed by atoms with Crippen molar-refractivity contribution in [3.8, 4) is 5.75 Å². The second-order valence-electron chi connectivity index (χ2n) is 6.68. The Labute approximate surface area is 171 Å². The molecule has 8 nitrogen and oxygen atoms in total. The molecule has 1 aromatic carbocycles. The van der Waals surface area contributed by atoms with Crippen LogP contribution in [0.5, 0.6) is 5.75 Å². The van der Waals surface area contributed by atoms with Gasteiger partial charge < -0.3 is 14.8 Å². The van der Waals surface area contributed by atoms with E-state index in [9.17, 15) is 18.0 Å². The molecule has 0 spiro atoms. The van der Waals surface area contributed by atoms with Crippen molar-refractivity contribution in [3.63, 3.8) is 0 Å². The number of amides is 1. The Morgan fingerprint density at radius 2 is 1.93 bits per heavy atom. The molecule has 1 N–H and O–H groups in total.